The second-order valence-corrected chi connectivity index (χ2v) is 23.4. The summed E-state index contributed by atoms with van der Waals surface area (Å²) in [6, 6.07) is 0. The molecule has 0 radical (unpaired) electrons. The maximum absolute atomic E-state index is 12.9. The summed E-state index contributed by atoms with van der Waals surface area (Å²) in [6.45, 7) is 6.61. The SMILES string of the molecule is CCCCCCC/C=C\C/C=C\CCCCCCCCCCCCCCCCCCCC(=O)OCC(COC(=O)CCCCCCCC)OC(=O)CCCCCCCCCCCCCCC/C=C\C/C=C\CCCCCCC. The normalized spacial score (nSPS) is 12.3. The first-order valence-electron chi connectivity index (χ1n) is 34.6. The zero-order valence-electron chi connectivity index (χ0n) is 52.5. The van der Waals surface area contributed by atoms with Gasteiger partial charge in [-0.3, -0.25) is 14.4 Å². The number of unbranched alkanes of at least 4 members (excludes halogenated alkanes) is 45. The van der Waals surface area contributed by atoms with Crippen molar-refractivity contribution in [3.05, 3.63) is 48.6 Å². The molecule has 0 aromatic rings. The Kier molecular flexibility index (Phi) is 64.6. The van der Waals surface area contributed by atoms with Gasteiger partial charge in [0.2, 0.25) is 0 Å². The van der Waals surface area contributed by atoms with E-state index in [1.165, 1.54) is 263 Å². The van der Waals surface area contributed by atoms with Gasteiger partial charge in [-0.25, -0.2) is 0 Å². The average Bonchev–Trinajstić information content (AvgIpc) is 3.44. The predicted octanol–water partition coefficient (Wildman–Crippen LogP) is 23.7. The highest BCUT2D eigenvalue weighted by molar-refractivity contribution is 5.71. The van der Waals surface area contributed by atoms with Crippen molar-refractivity contribution in [3.63, 3.8) is 0 Å². The molecule has 0 bridgehead atoms. The van der Waals surface area contributed by atoms with E-state index < -0.39 is 6.10 Å². The van der Waals surface area contributed by atoms with Crippen LogP contribution in [0.15, 0.2) is 48.6 Å². The lowest BCUT2D eigenvalue weighted by Crippen LogP contribution is -2.30. The zero-order chi connectivity index (χ0) is 56.4. The monoisotopic (exact) mass is 1090 g/mol. The van der Waals surface area contributed by atoms with Crippen molar-refractivity contribution in [1.29, 1.82) is 0 Å². The van der Waals surface area contributed by atoms with Crippen molar-refractivity contribution in [2.24, 2.45) is 0 Å². The van der Waals surface area contributed by atoms with Crippen molar-refractivity contribution in [2.75, 3.05) is 13.2 Å². The number of hydrogen-bond acceptors (Lipinski definition) is 6. The van der Waals surface area contributed by atoms with Crippen molar-refractivity contribution < 1.29 is 28.6 Å². The van der Waals surface area contributed by atoms with Crippen LogP contribution < -0.4 is 0 Å². The third-order valence-corrected chi connectivity index (χ3v) is 15.6. The van der Waals surface area contributed by atoms with Crippen LogP contribution in [-0.4, -0.2) is 37.2 Å². The molecule has 1 unspecified atom stereocenters. The smallest absolute Gasteiger partial charge is 0.306 e. The molecule has 0 aromatic carbocycles. The minimum absolute atomic E-state index is 0.0690. The van der Waals surface area contributed by atoms with Crippen LogP contribution in [-0.2, 0) is 28.6 Å². The second-order valence-electron chi connectivity index (χ2n) is 23.4. The Morgan fingerprint density at radius 1 is 0.256 bits per heavy atom. The molecular weight excluding hydrogens is 961 g/mol. The van der Waals surface area contributed by atoms with E-state index in [-0.39, 0.29) is 31.1 Å². The van der Waals surface area contributed by atoms with E-state index in [1.54, 1.807) is 0 Å². The summed E-state index contributed by atoms with van der Waals surface area (Å²) < 4.78 is 16.9. The van der Waals surface area contributed by atoms with E-state index in [0.29, 0.717) is 19.3 Å². The van der Waals surface area contributed by atoms with E-state index >= 15 is 0 Å². The summed E-state index contributed by atoms with van der Waals surface area (Å²) in [4.78, 5) is 38.1. The van der Waals surface area contributed by atoms with Crippen LogP contribution in [0.25, 0.3) is 0 Å². The largest absolute Gasteiger partial charge is 0.462 e. The molecule has 0 saturated carbocycles. The van der Waals surface area contributed by atoms with Crippen LogP contribution in [0.4, 0.5) is 0 Å². The molecule has 0 aliphatic carbocycles. The molecule has 0 fully saturated rings. The van der Waals surface area contributed by atoms with Crippen LogP contribution in [0.3, 0.4) is 0 Å². The van der Waals surface area contributed by atoms with Gasteiger partial charge in [0.25, 0.3) is 0 Å². The first-order valence-corrected chi connectivity index (χ1v) is 34.6. The molecule has 0 spiro atoms. The first kappa shape index (κ1) is 75.4. The van der Waals surface area contributed by atoms with Crippen LogP contribution in [0.1, 0.15) is 374 Å². The highest BCUT2D eigenvalue weighted by atomic mass is 16.6. The molecule has 6 nitrogen and oxygen atoms in total. The molecule has 0 aromatic heterocycles. The predicted molar refractivity (Wildman–Crippen MR) is 339 cm³/mol. The van der Waals surface area contributed by atoms with Crippen molar-refractivity contribution in [3.8, 4) is 0 Å². The molecule has 0 aliphatic heterocycles. The average molecular weight is 1090 g/mol. The first-order chi connectivity index (χ1) is 38.5. The molecule has 456 valence electrons. The van der Waals surface area contributed by atoms with Gasteiger partial charge in [0.05, 0.1) is 0 Å². The van der Waals surface area contributed by atoms with Crippen molar-refractivity contribution >= 4 is 17.9 Å². The van der Waals surface area contributed by atoms with Gasteiger partial charge in [0.1, 0.15) is 13.2 Å². The Balaban J connectivity index is 4.00. The Hall–Kier alpha value is -2.63. The van der Waals surface area contributed by atoms with Crippen molar-refractivity contribution in [1.82, 2.24) is 0 Å². The molecule has 0 aliphatic rings. The Bertz CT molecular complexity index is 1350. The summed E-state index contributed by atoms with van der Waals surface area (Å²) in [5.74, 6) is -0.858. The van der Waals surface area contributed by atoms with Gasteiger partial charge in [-0.15, -0.1) is 0 Å². The molecule has 6 heteroatoms. The van der Waals surface area contributed by atoms with Gasteiger partial charge in [0.15, 0.2) is 6.10 Å². The summed E-state index contributed by atoms with van der Waals surface area (Å²) in [5.41, 5.74) is 0. The van der Waals surface area contributed by atoms with Crippen LogP contribution in [0.2, 0.25) is 0 Å². The van der Waals surface area contributed by atoms with Crippen molar-refractivity contribution in [2.45, 2.75) is 380 Å². The molecule has 0 heterocycles. The number of carbonyl (C=O) groups excluding carboxylic acids is 3. The maximum Gasteiger partial charge on any atom is 0.306 e. The van der Waals surface area contributed by atoms with Gasteiger partial charge in [-0.05, 0) is 83.5 Å². The number of carbonyl (C=O) groups is 3. The molecule has 0 N–H and O–H groups in total. The molecule has 1 atom stereocenters. The fourth-order valence-electron chi connectivity index (χ4n) is 10.3. The third kappa shape index (κ3) is 64.2. The summed E-state index contributed by atoms with van der Waals surface area (Å²) in [7, 11) is 0. The summed E-state index contributed by atoms with van der Waals surface area (Å²) in [6.07, 6.45) is 84.6. The fourth-order valence-corrected chi connectivity index (χ4v) is 10.3. The standard InChI is InChI=1S/C72H132O6/c1-4-7-10-13-16-18-20-22-24-26-28-30-32-34-35-36-37-39-40-42-44-46-48-50-52-54-56-59-62-65-71(74)77-68-69(67-76-70(73)64-61-58-15-12-9-6-3)78-72(75)66-63-60-57-55-53-51-49-47-45-43-41-38-33-31-29-27-25-23-21-19-17-14-11-8-5-2/h20-23,26-29,69H,4-19,24-25,30-68H2,1-3H3/b22-20-,23-21-,28-26-,29-27-. The minimum atomic E-state index is -0.769. The van der Waals surface area contributed by atoms with E-state index in [4.69, 9.17) is 14.2 Å². The van der Waals surface area contributed by atoms with E-state index in [1.807, 2.05) is 0 Å². The number of allylic oxidation sites excluding steroid dienone is 8. The minimum Gasteiger partial charge on any atom is -0.462 e. The topological polar surface area (TPSA) is 78.9 Å². The lowest BCUT2D eigenvalue weighted by molar-refractivity contribution is -0.167. The summed E-state index contributed by atoms with van der Waals surface area (Å²) in [5, 5.41) is 0. The Labute approximate surface area is 486 Å². The molecule has 0 saturated heterocycles. The van der Waals surface area contributed by atoms with Gasteiger partial charge in [-0.2, -0.15) is 0 Å². The Morgan fingerprint density at radius 2 is 0.462 bits per heavy atom. The number of esters is 3. The van der Waals surface area contributed by atoms with E-state index in [2.05, 4.69) is 69.4 Å². The number of hydrogen-bond donors (Lipinski definition) is 0. The third-order valence-electron chi connectivity index (χ3n) is 15.6. The summed E-state index contributed by atoms with van der Waals surface area (Å²) >= 11 is 0. The zero-order valence-corrected chi connectivity index (χ0v) is 52.5. The molecule has 78 heavy (non-hydrogen) atoms. The van der Waals surface area contributed by atoms with Crippen LogP contribution >= 0.6 is 0 Å². The number of rotatable bonds is 64. The fraction of sp³-hybridized carbons (Fsp3) is 0.847. The highest BCUT2D eigenvalue weighted by Crippen LogP contribution is 2.18. The maximum atomic E-state index is 12.9. The lowest BCUT2D eigenvalue weighted by atomic mass is 10.0. The van der Waals surface area contributed by atoms with Gasteiger partial charge in [-0.1, -0.05) is 320 Å². The van der Waals surface area contributed by atoms with Gasteiger partial charge >= 0.3 is 17.9 Å². The van der Waals surface area contributed by atoms with Crippen LogP contribution in [0.5, 0.6) is 0 Å². The Morgan fingerprint density at radius 3 is 0.705 bits per heavy atom. The lowest BCUT2D eigenvalue weighted by Gasteiger charge is -2.18. The quantitative estimate of drug-likeness (QED) is 0.0261. The second kappa shape index (κ2) is 66.9. The molecular formula is C72H132O6. The highest BCUT2D eigenvalue weighted by Gasteiger charge is 2.19. The van der Waals surface area contributed by atoms with Gasteiger partial charge in [0, 0.05) is 19.3 Å². The van der Waals surface area contributed by atoms with E-state index in [9.17, 15) is 14.4 Å². The van der Waals surface area contributed by atoms with E-state index in [0.717, 1.165) is 70.6 Å². The molecule has 0 rings (SSSR count). The molecule has 0 amide bonds. The van der Waals surface area contributed by atoms with Gasteiger partial charge < -0.3 is 14.2 Å². The van der Waals surface area contributed by atoms with Crippen LogP contribution in [0, 0.1) is 0 Å². The number of ether oxygens (including phenoxy) is 3.